The molecule has 1 aromatic heterocycles. The van der Waals surface area contributed by atoms with E-state index in [9.17, 15) is 9.18 Å². The maximum Gasteiger partial charge on any atom is 0.233 e. The van der Waals surface area contributed by atoms with E-state index in [0.717, 1.165) is 24.6 Å². The summed E-state index contributed by atoms with van der Waals surface area (Å²) < 4.78 is 15.5. The Balaban J connectivity index is 1.92. The zero-order valence-corrected chi connectivity index (χ0v) is 18.4. The van der Waals surface area contributed by atoms with Crippen molar-refractivity contribution in [2.24, 2.45) is 0 Å². The molecule has 0 radical (unpaired) electrons. The van der Waals surface area contributed by atoms with Crippen molar-refractivity contribution in [2.45, 2.75) is 69.4 Å². The summed E-state index contributed by atoms with van der Waals surface area (Å²) in [6.45, 7) is 9.95. The predicted molar refractivity (Wildman–Crippen MR) is 114 cm³/mol. The Morgan fingerprint density at radius 3 is 2.34 bits per heavy atom. The highest BCUT2D eigenvalue weighted by Crippen LogP contribution is 2.31. The molecule has 2 aromatic rings. The van der Waals surface area contributed by atoms with Gasteiger partial charge < -0.3 is 5.32 Å². The molecule has 0 aliphatic carbocycles. The van der Waals surface area contributed by atoms with Crippen molar-refractivity contribution in [3.8, 4) is 5.69 Å². The number of carbonyl (C=O) groups excluding carboxylic acids is 1. The van der Waals surface area contributed by atoms with Crippen molar-refractivity contribution < 1.29 is 9.18 Å². The molecular weight excluding hydrogens is 389 g/mol. The van der Waals surface area contributed by atoms with Gasteiger partial charge in [0.25, 0.3) is 0 Å². The molecule has 2 atom stereocenters. The van der Waals surface area contributed by atoms with Gasteiger partial charge in [-0.05, 0) is 77.9 Å². The summed E-state index contributed by atoms with van der Waals surface area (Å²) in [5.74, 6) is 0.494. The van der Waals surface area contributed by atoms with Gasteiger partial charge >= 0.3 is 0 Å². The molecule has 29 heavy (non-hydrogen) atoms. The number of amides is 1. The zero-order valence-electron chi connectivity index (χ0n) is 17.6. The Morgan fingerprint density at radius 2 is 1.72 bits per heavy atom. The number of benzene rings is 1. The van der Waals surface area contributed by atoms with Crippen LogP contribution in [0.15, 0.2) is 29.4 Å². The number of carbonyl (C=O) groups is 1. The quantitative estimate of drug-likeness (QED) is 0.689. The molecule has 2 heterocycles. The van der Waals surface area contributed by atoms with Crippen LogP contribution in [-0.4, -0.2) is 50.0 Å². The van der Waals surface area contributed by atoms with E-state index >= 15 is 0 Å². The molecule has 1 aliphatic heterocycles. The van der Waals surface area contributed by atoms with Gasteiger partial charge in [0.1, 0.15) is 5.82 Å². The molecule has 1 saturated heterocycles. The summed E-state index contributed by atoms with van der Waals surface area (Å²) in [5.41, 5.74) is 0.800. The Kier molecular flexibility index (Phi) is 7.29. The fraction of sp³-hybridized carbons (Fsp3) is 0.571. The normalized spacial score (nSPS) is 17.3. The van der Waals surface area contributed by atoms with Crippen molar-refractivity contribution >= 4 is 17.7 Å². The van der Waals surface area contributed by atoms with Crippen LogP contribution >= 0.6 is 11.8 Å². The zero-order chi connectivity index (χ0) is 21.0. The predicted octanol–water partition coefficient (Wildman–Crippen LogP) is 3.96. The van der Waals surface area contributed by atoms with E-state index in [1.54, 1.807) is 12.1 Å². The average Bonchev–Trinajstić information content (AvgIpc) is 3.11. The smallest absolute Gasteiger partial charge is 0.233 e. The van der Waals surface area contributed by atoms with Crippen molar-refractivity contribution in [3.63, 3.8) is 0 Å². The fourth-order valence-electron chi connectivity index (χ4n) is 3.54. The number of hydrogen-bond acceptors (Lipinski definition) is 5. The van der Waals surface area contributed by atoms with Crippen LogP contribution in [0.1, 0.15) is 58.8 Å². The third kappa shape index (κ3) is 5.36. The van der Waals surface area contributed by atoms with E-state index in [4.69, 9.17) is 0 Å². The molecule has 3 rings (SSSR count). The van der Waals surface area contributed by atoms with E-state index in [0.29, 0.717) is 5.16 Å². The number of likely N-dealkylation sites (tertiary alicyclic amines) is 1. The topological polar surface area (TPSA) is 63.1 Å². The molecule has 1 fully saturated rings. The van der Waals surface area contributed by atoms with Crippen molar-refractivity contribution in [2.75, 3.05) is 13.1 Å². The van der Waals surface area contributed by atoms with Gasteiger partial charge in [-0.15, -0.1) is 10.2 Å². The molecule has 6 nitrogen and oxygen atoms in total. The van der Waals surface area contributed by atoms with Crippen LogP contribution in [0.5, 0.6) is 0 Å². The van der Waals surface area contributed by atoms with Gasteiger partial charge in [-0.1, -0.05) is 18.2 Å². The molecule has 8 heteroatoms. The molecule has 0 bridgehead atoms. The third-order valence-electron chi connectivity index (χ3n) is 5.14. The van der Waals surface area contributed by atoms with E-state index in [-0.39, 0.29) is 29.1 Å². The van der Waals surface area contributed by atoms with Crippen molar-refractivity contribution in [3.05, 3.63) is 35.9 Å². The Labute approximate surface area is 176 Å². The van der Waals surface area contributed by atoms with E-state index in [2.05, 4.69) is 27.3 Å². The molecule has 1 amide bonds. The number of thioether (sulfide) groups is 1. The third-order valence-corrected chi connectivity index (χ3v) is 6.18. The van der Waals surface area contributed by atoms with Crippen LogP contribution in [0.4, 0.5) is 4.39 Å². The first kappa shape index (κ1) is 21.8. The first-order chi connectivity index (χ1) is 13.9. The van der Waals surface area contributed by atoms with Crippen molar-refractivity contribution in [1.82, 2.24) is 25.0 Å². The van der Waals surface area contributed by atoms with Gasteiger partial charge in [-0.3, -0.25) is 14.3 Å². The largest absolute Gasteiger partial charge is 0.353 e. The summed E-state index contributed by atoms with van der Waals surface area (Å²) in [7, 11) is 0. The van der Waals surface area contributed by atoms with Crippen LogP contribution in [0.2, 0.25) is 0 Å². The van der Waals surface area contributed by atoms with Gasteiger partial charge in [0, 0.05) is 11.7 Å². The summed E-state index contributed by atoms with van der Waals surface area (Å²) in [5, 5.41) is 12.2. The Hall–Kier alpha value is -1.93. The fourth-order valence-corrected chi connectivity index (χ4v) is 4.43. The van der Waals surface area contributed by atoms with Crippen LogP contribution in [-0.2, 0) is 4.79 Å². The summed E-state index contributed by atoms with van der Waals surface area (Å²) >= 11 is 1.37. The minimum absolute atomic E-state index is 0.0377. The van der Waals surface area contributed by atoms with Gasteiger partial charge in [-0.2, -0.15) is 0 Å². The molecule has 1 N–H and O–H groups in total. The van der Waals surface area contributed by atoms with E-state index in [1.807, 2.05) is 25.3 Å². The molecule has 158 valence electrons. The first-order valence-electron chi connectivity index (χ1n) is 10.3. The maximum absolute atomic E-state index is 13.5. The van der Waals surface area contributed by atoms with E-state index in [1.165, 1.54) is 43.2 Å². The lowest BCUT2D eigenvalue weighted by molar-refractivity contribution is -0.120. The number of nitrogens with one attached hydrogen (secondary N) is 1. The first-order valence-corrected chi connectivity index (χ1v) is 11.2. The Morgan fingerprint density at radius 1 is 1.07 bits per heavy atom. The molecule has 1 aliphatic rings. The summed E-state index contributed by atoms with van der Waals surface area (Å²) in [6, 6.07) is 6.50. The molecule has 0 unspecified atom stereocenters. The lowest BCUT2D eigenvalue weighted by Gasteiger charge is -2.32. The molecular formula is C21H30FN5OS. The second-order valence-corrected chi connectivity index (χ2v) is 9.16. The standard InChI is InChI=1S/C21H30FN5OS/c1-14(2)23-20(28)16(4)29-21-25-24-19(15(3)26-12-6-5-7-13-26)27(21)18-10-8-17(22)9-11-18/h8-11,14-16H,5-7,12-13H2,1-4H3,(H,23,28)/t15-,16-/m1/s1. The molecule has 1 aromatic carbocycles. The number of halogens is 1. The SMILES string of the molecule is CC(C)NC(=O)[C@@H](C)Sc1nnc([C@@H](C)N2CCCCC2)n1-c1ccc(F)cc1. The monoisotopic (exact) mass is 419 g/mol. The van der Waals surface area contributed by atoms with Crippen LogP contribution in [0.25, 0.3) is 5.69 Å². The average molecular weight is 420 g/mol. The molecule has 0 saturated carbocycles. The van der Waals surface area contributed by atoms with Crippen molar-refractivity contribution in [1.29, 1.82) is 0 Å². The number of hydrogen-bond donors (Lipinski definition) is 1. The minimum atomic E-state index is -0.320. The highest BCUT2D eigenvalue weighted by Gasteiger charge is 2.27. The van der Waals surface area contributed by atoms with Crippen LogP contribution in [0.3, 0.4) is 0 Å². The molecule has 0 spiro atoms. The summed E-state index contributed by atoms with van der Waals surface area (Å²) in [4.78, 5) is 14.8. The second-order valence-electron chi connectivity index (χ2n) is 7.85. The lowest BCUT2D eigenvalue weighted by Crippen LogP contribution is -2.36. The van der Waals surface area contributed by atoms with Crippen LogP contribution in [0, 0.1) is 5.82 Å². The Bertz CT molecular complexity index is 817. The lowest BCUT2D eigenvalue weighted by atomic mass is 10.1. The summed E-state index contributed by atoms with van der Waals surface area (Å²) in [6.07, 6.45) is 3.63. The maximum atomic E-state index is 13.5. The van der Waals surface area contributed by atoms with Gasteiger partial charge in [0.05, 0.1) is 11.3 Å². The second kappa shape index (κ2) is 9.71. The number of rotatable bonds is 7. The number of piperidine rings is 1. The van der Waals surface area contributed by atoms with Crippen LogP contribution < -0.4 is 5.32 Å². The van der Waals surface area contributed by atoms with Gasteiger partial charge in [-0.25, -0.2) is 4.39 Å². The van der Waals surface area contributed by atoms with E-state index < -0.39 is 0 Å². The highest BCUT2D eigenvalue weighted by molar-refractivity contribution is 8.00. The van der Waals surface area contributed by atoms with Gasteiger partial charge in [0.15, 0.2) is 11.0 Å². The van der Waals surface area contributed by atoms with Gasteiger partial charge in [0.2, 0.25) is 5.91 Å². The number of aromatic nitrogens is 3. The minimum Gasteiger partial charge on any atom is -0.353 e. The highest BCUT2D eigenvalue weighted by atomic mass is 32.2. The number of nitrogens with zero attached hydrogens (tertiary/aromatic N) is 4.